The lowest BCUT2D eigenvalue weighted by atomic mass is 10.1. The maximum absolute atomic E-state index is 5.00. The highest BCUT2D eigenvalue weighted by molar-refractivity contribution is 4.83. The molecule has 4 nitrogen and oxygen atoms in total. The summed E-state index contributed by atoms with van der Waals surface area (Å²) < 4.78 is 6.98. The highest BCUT2D eigenvalue weighted by Gasteiger charge is 2.12. The van der Waals surface area contributed by atoms with Crippen molar-refractivity contribution in [2.75, 3.05) is 20.3 Å². The van der Waals surface area contributed by atoms with E-state index in [4.69, 9.17) is 4.74 Å². The monoisotopic (exact) mass is 211 g/mol. The Labute approximate surface area is 91.6 Å². The van der Waals surface area contributed by atoms with Crippen molar-refractivity contribution in [1.29, 1.82) is 0 Å². The molecule has 86 valence electrons. The minimum atomic E-state index is 0.377. The van der Waals surface area contributed by atoms with Gasteiger partial charge in [0.05, 0.1) is 6.04 Å². The summed E-state index contributed by atoms with van der Waals surface area (Å²) in [4.78, 5) is 0. The second kappa shape index (κ2) is 6.58. The van der Waals surface area contributed by atoms with Gasteiger partial charge in [-0.2, -0.15) is 5.10 Å². The molecular formula is C11H21N3O. The van der Waals surface area contributed by atoms with Crippen molar-refractivity contribution in [2.45, 2.75) is 32.4 Å². The van der Waals surface area contributed by atoms with Gasteiger partial charge in [0.15, 0.2) is 0 Å². The van der Waals surface area contributed by atoms with Crippen molar-refractivity contribution in [3.8, 4) is 0 Å². The first-order valence-electron chi connectivity index (χ1n) is 5.47. The van der Waals surface area contributed by atoms with Crippen LogP contribution in [-0.2, 0) is 4.74 Å². The third-order valence-electron chi connectivity index (χ3n) is 2.66. The Bertz CT molecular complexity index is 248. The Kier molecular flexibility index (Phi) is 5.36. The van der Waals surface area contributed by atoms with Crippen LogP contribution < -0.4 is 5.32 Å². The first-order valence-corrected chi connectivity index (χ1v) is 5.47. The van der Waals surface area contributed by atoms with Gasteiger partial charge in [0.25, 0.3) is 0 Å². The molecule has 4 heteroatoms. The van der Waals surface area contributed by atoms with Crippen LogP contribution >= 0.6 is 0 Å². The van der Waals surface area contributed by atoms with Crippen LogP contribution in [0.5, 0.6) is 0 Å². The minimum Gasteiger partial charge on any atom is -0.385 e. The highest BCUT2D eigenvalue weighted by atomic mass is 16.5. The quantitative estimate of drug-likeness (QED) is 0.694. The van der Waals surface area contributed by atoms with Gasteiger partial charge in [-0.15, -0.1) is 0 Å². The van der Waals surface area contributed by atoms with E-state index in [2.05, 4.69) is 24.3 Å². The smallest absolute Gasteiger partial charge is 0.0641 e. The molecule has 0 unspecified atom stereocenters. The van der Waals surface area contributed by atoms with Gasteiger partial charge in [0.2, 0.25) is 0 Å². The molecule has 0 bridgehead atoms. The second-order valence-electron chi connectivity index (χ2n) is 3.82. The summed E-state index contributed by atoms with van der Waals surface area (Å²) in [7, 11) is 1.73. The number of ether oxygens (including phenoxy) is 1. The van der Waals surface area contributed by atoms with E-state index in [1.807, 2.05) is 23.1 Å². The lowest BCUT2D eigenvalue weighted by molar-refractivity contribution is 0.192. The van der Waals surface area contributed by atoms with E-state index in [-0.39, 0.29) is 0 Å². The zero-order chi connectivity index (χ0) is 11.1. The molecule has 1 rings (SSSR count). The highest BCUT2D eigenvalue weighted by Crippen LogP contribution is 2.08. The Morgan fingerprint density at radius 2 is 2.27 bits per heavy atom. The van der Waals surface area contributed by atoms with Crippen LogP contribution in [0.1, 0.15) is 26.3 Å². The molecule has 0 fully saturated rings. The van der Waals surface area contributed by atoms with Gasteiger partial charge in [-0.05, 0) is 32.9 Å². The van der Waals surface area contributed by atoms with E-state index in [0.29, 0.717) is 12.1 Å². The van der Waals surface area contributed by atoms with Crippen LogP contribution in [0.2, 0.25) is 0 Å². The van der Waals surface area contributed by atoms with Crippen LogP contribution in [-0.4, -0.2) is 36.1 Å². The Hall–Kier alpha value is -0.870. The minimum absolute atomic E-state index is 0.377. The molecule has 0 spiro atoms. The largest absolute Gasteiger partial charge is 0.385 e. The number of methoxy groups -OCH3 is 1. The molecule has 0 amide bonds. The summed E-state index contributed by atoms with van der Waals surface area (Å²) in [5.41, 5.74) is 0. The van der Waals surface area contributed by atoms with E-state index in [1.165, 1.54) is 0 Å². The van der Waals surface area contributed by atoms with Crippen molar-refractivity contribution in [3.63, 3.8) is 0 Å². The van der Waals surface area contributed by atoms with Crippen LogP contribution in [0, 0.1) is 0 Å². The van der Waals surface area contributed by atoms with E-state index in [0.717, 1.165) is 19.6 Å². The fraction of sp³-hybridized carbons (Fsp3) is 0.727. The molecule has 1 aromatic heterocycles. The standard InChI is InChI=1S/C11H21N3O/c1-10(12-6-5-9-15-3)11(2)14-8-4-7-13-14/h4,7-8,10-12H,5-6,9H2,1-3H3/t10-,11-/m1/s1. The Balaban J connectivity index is 2.24. The number of rotatable bonds is 7. The van der Waals surface area contributed by atoms with Crippen molar-refractivity contribution in [3.05, 3.63) is 18.5 Å². The van der Waals surface area contributed by atoms with E-state index >= 15 is 0 Å². The van der Waals surface area contributed by atoms with Gasteiger partial charge in [-0.25, -0.2) is 0 Å². The molecule has 0 aliphatic heterocycles. The third kappa shape index (κ3) is 4.01. The van der Waals surface area contributed by atoms with Crippen LogP contribution in [0.4, 0.5) is 0 Å². The molecule has 0 aliphatic rings. The maximum Gasteiger partial charge on any atom is 0.0641 e. The molecule has 0 radical (unpaired) electrons. The Morgan fingerprint density at radius 1 is 1.47 bits per heavy atom. The molecule has 0 aliphatic carbocycles. The predicted octanol–water partition coefficient (Wildman–Crippen LogP) is 1.46. The first kappa shape index (κ1) is 12.2. The zero-order valence-electron chi connectivity index (χ0n) is 9.81. The average molecular weight is 211 g/mol. The summed E-state index contributed by atoms with van der Waals surface area (Å²) in [6.45, 7) is 6.15. The molecule has 1 aromatic rings. The van der Waals surface area contributed by atoms with Crippen molar-refractivity contribution in [1.82, 2.24) is 15.1 Å². The number of nitrogens with zero attached hydrogens (tertiary/aromatic N) is 2. The summed E-state index contributed by atoms with van der Waals surface area (Å²) >= 11 is 0. The predicted molar refractivity (Wildman–Crippen MR) is 60.9 cm³/mol. The lowest BCUT2D eigenvalue weighted by Crippen LogP contribution is -2.34. The topological polar surface area (TPSA) is 39.1 Å². The zero-order valence-corrected chi connectivity index (χ0v) is 9.81. The first-order chi connectivity index (χ1) is 7.25. The van der Waals surface area contributed by atoms with Gasteiger partial charge < -0.3 is 10.1 Å². The average Bonchev–Trinajstić information content (AvgIpc) is 2.76. The molecule has 0 saturated carbocycles. The molecule has 0 saturated heterocycles. The van der Waals surface area contributed by atoms with E-state index in [1.54, 1.807) is 7.11 Å². The van der Waals surface area contributed by atoms with Crippen molar-refractivity contribution < 1.29 is 4.74 Å². The Morgan fingerprint density at radius 3 is 2.87 bits per heavy atom. The summed E-state index contributed by atoms with van der Waals surface area (Å²) in [5, 5.41) is 7.70. The number of hydrogen-bond acceptors (Lipinski definition) is 3. The van der Waals surface area contributed by atoms with Gasteiger partial charge >= 0.3 is 0 Å². The molecular weight excluding hydrogens is 190 g/mol. The summed E-state index contributed by atoms with van der Waals surface area (Å²) in [5.74, 6) is 0. The fourth-order valence-corrected chi connectivity index (χ4v) is 1.47. The number of hydrogen-bond donors (Lipinski definition) is 1. The summed E-state index contributed by atoms with van der Waals surface area (Å²) in [6, 6.07) is 2.75. The molecule has 0 aromatic carbocycles. The maximum atomic E-state index is 5.00. The number of aromatic nitrogens is 2. The number of nitrogens with one attached hydrogen (secondary N) is 1. The second-order valence-corrected chi connectivity index (χ2v) is 3.82. The molecule has 2 atom stereocenters. The SMILES string of the molecule is COCCCN[C@H](C)[C@@H](C)n1cccn1. The van der Waals surface area contributed by atoms with Crippen LogP contribution in [0.25, 0.3) is 0 Å². The van der Waals surface area contributed by atoms with Gasteiger partial charge in [-0.3, -0.25) is 4.68 Å². The third-order valence-corrected chi connectivity index (χ3v) is 2.66. The summed E-state index contributed by atoms with van der Waals surface area (Å²) in [6.07, 6.45) is 4.86. The van der Waals surface area contributed by atoms with Crippen LogP contribution in [0.3, 0.4) is 0 Å². The van der Waals surface area contributed by atoms with Crippen molar-refractivity contribution >= 4 is 0 Å². The fourth-order valence-electron chi connectivity index (χ4n) is 1.47. The lowest BCUT2D eigenvalue weighted by Gasteiger charge is -2.21. The van der Waals surface area contributed by atoms with E-state index in [9.17, 15) is 0 Å². The van der Waals surface area contributed by atoms with Crippen molar-refractivity contribution in [2.24, 2.45) is 0 Å². The van der Waals surface area contributed by atoms with Gasteiger partial charge in [-0.1, -0.05) is 0 Å². The van der Waals surface area contributed by atoms with E-state index < -0.39 is 0 Å². The molecule has 1 N–H and O–H groups in total. The molecule has 1 heterocycles. The van der Waals surface area contributed by atoms with Gasteiger partial charge in [0, 0.05) is 32.2 Å². The molecule has 15 heavy (non-hydrogen) atoms. The van der Waals surface area contributed by atoms with Crippen LogP contribution in [0.15, 0.2) is 18.5 Å². The normalized spacial score (nSPS) is 15.1. The van der Waals surface area contributed by atoms with Gasteiger partial charge in [0.1, 0.15) is 0 Å².